The number of hydrogen-bond acceptors (Lipinski definition) is 4. The van der Waals surface area contributed by atoms with E-state index in [4.69, 9.17) is 0 Å². The molecular formula is C16H25Cl2FN4O2. The molecule has 0 atom stereocenters. The standard InChI is InChI=1S/C16H23FN4O2.2ClH/c1-18-7-6-16(23)21-10-8-20(9-11-21)12-15(22)19-14-4-2-13(17)3-5-14;;/h2-5,18H,6-12H2,1H3,(H,19,22);2*1H. The Kier molecular flexibility index (Phi) is 11.3. The van der Waals surface area contributed by atoms with Gasteiger partial charge in [-0.05, 0) is 31.3 Å². The van der Waals surface area contributed by atoms with Crippen LogP contribution in [0.1, 0.15) is 6.42 Å². The quantitative estimate of drug-likeness (QED) is 0.764. The second-order valence-corrected chi connectivity index (χ2v) is 5.57. The van der Waals surface area contributed by atoms with Gasteiger partial charge in [0.25, 0.3) is 0 Å². The number of hydrogen-bond donors (Lipinski definition) is 2. The molecule has 0 saturated carbocycles. The molecule has 142 valence electrons. The van der Waals surface area contributed by atoms with Gasteiger partial charge in [-0.3, -0.25) is 14.5 Å². The van der Waals surface area contributed by atoms with Crippen molar-refractivity contribution in [1.82, 2.24) is 15.1 Å². The first-order valence-electron chi connectivity index (χ1n) is 7.78. The van der Waals surface area contributed by atoms with Crippen molar-refractivity contribution in [3.63, 3.8) is 0 Å². The first-order chi connectivity index (χ1) is 11.1. The van der Waals surface area contributed by atoms with Gasteiger partial charge in [0, 0.05) is 44.8 Å². The van der Waals surface area contributed by atoms with Crippen LogP contribution in [0.3, 0.4) is 0 Å². The zero-order valence-corrected chi connectivity index (χ0v) is 15.8. The predicted octanol–water partition coefficient (Wildman–Crippen LogP) is 1.36. The summed E-state index contributed by atoms with van der Waals surface area (Å²) in [5.74, 6) is -0.316. The summed E-state index contributed by atoms with van der Waals surface area (Å²) in [6, 6.07) is 5.69. The Labute approximate surface area is 159 Å². The van der Waals surface area contributed by atoms with Crippen LogP contribution in [0.25, 0.3) is 0 Å². The molecule has 0 aromatic heterocycles. The summed E-state index contributed by atoms with van der Waals surface area (Å²) in [6.07, 6.45) is 0.502. The lowest BCUT2D eigenvalue weighted by atomic mass is 10.2. The second-order valence-electron chi connectivity index (χ2n) is 5.57. The third kappa shape index (κ3) is 8.00. The van der Waals surface area contributed by atoms with E-state index in [1.165, 1.54) is 24.3 Å². The number of nitrogens with zero attached hydrogens (tertiary/aromatic N) is 2. The van der Waals surface area contributed by atoms with Crippen LogP contribution < -0.4 is 10.6 Å². The van der Waals surface area contributed by atoms with Crippen LogP contribution >= 0.6 is 24.8 Å². The molecule has 6 nitrogen and oxygen atoms in total. The Bertz CT molecular complexity index is 537. The first kappa shape index (κ1) is 23.6. The van der Waals surface area contributed by atoms with Crippen molar-refractivity contribution < 1.29 is 14.0 Å². The van der Waals surface area contributed by atoms with E-state index in [0.717, 1.165) is 0 Å². The summed E-state index contributed by atoms with van der Waals surface area (Å²) in [6.45, 7) is 3.61. The third-order valence-corrected chi connectivity index (χ3v) is 3.81. The van der Waals surface area contributed by atoms with E-state index in [-0.39, 0.29) is 49.0 Å². The molecule has 25 heavy (non-hydrogen) atoms. The minimum absolute atomic E-state index is 0. The van der Waals surface area contributed by atoms with Crippen LogP contribution in [0.15, 0.2) is 24.3 Å². The molecular weight excluding hydrogens is 370 g/mol. The van der Waals surface area contributed by atoms with E-state index in [1.807, 2.05) is 16.8 Å². The van der Waals surface area contributed by atoms with Crippen LogP contribution in [0.2, 0.25) is 0 Å². The number of carbonyl (C=O) groups excluding carboxylic acids is 2. The number of amides is 2. The Morgan fingerprint density at radius 3 is 2.24 bits per heavy atom. The van der Waals surface area contributed by atoms with Gasteiger partial charge < -0.3 is 15.5 Å². The van der Waals surface area contributed by atoms with E-state index in [2.05, 4.69) is 10.6 Å². The van der Waals surface area contributed by atoms with Gasteiger partial charge in [0.1, 0.15) is 5.82 Å². The molecule has 9 heteroatoms. The van der Waals surface area contributed by atoms with Crippen molar-refractivity contribution in [2.24, 2.45) is 0 Å². The van der Waals surface area contributed by atoms with Gasteiger partial charge in [-0.15, -0.1) is 24.8 Å². The molecule has 1 aliphatic heterocycles. The first-order valence-corrected chi connectivity index (χ1v) is 7.78. The largest absolute Gasteiger partial charge is 0.340 e. The number of anilines is 1. The molecule has 1 aromatic rings. The van der Waals surface area contributed by atoms with Gasteiger partial charge in [-0.1, -0.05) is 0 Å². The topological polar surface area (TPSA) is 64.7 Å². The molecule has 2 rings (SSSR count). The van der Waals surface area contributed by atoms with Crippen LogP contribution in [-0.2, 0) is 9.59 Å². The summed E-state index contributed by atoms with van der Waals surface area (Å²) in [5, 5.41) is 5.71. The maximum atomic E-state index is 12.8. The van der Waals surface area contributed by atoms with E-state index in [0.29, 0.717) is 44.8 Å². The molecule has 2 N–H and O–H groups in total. The molecule has 0 bridgehead atoms. The van der Waals surface area contributed by atoms with Crippen LogP contribution in [-0.4, -0.2) is 67.9 Å². The lowest BCUT2D eigenvalue weighted by molar-refractivity contribution is -0.133. The average Bonchev–Trinajstić information content (AvgIpc) is 2.55. The maximum Gasteiger partial charge on any atom is 0.238 e. The lowest BCUT2D eigenvalue weighted by Crippen LogP contribution is -2.50. The summed E-state index contributed by atoms with van der Waals surface area (Å²) in [5.41, 5.74) is 0.581. The molecule has 1 saturated heterocycles. The van der Waals surface area contributed by atoms with Crippen molar-refractivity contribution in [2.75, 3.05) is 51.6 Å². The Morgan fingerprint density at radius 1 is 1.08 bits per heavy atom. The number of nitrogens with one attached hydrogen (secondary N) is 2. The molecule has 1 aromatic carbocycles. The Balaban J connectivity index is 0.00000288. The Hall–Kier alpha value is -1.41. The highest BCUT2D eigenvalue weighted by molar-refractivity contribution is 5.92. The molecule has 0 spiro atoms. The highest BCUT2D eigenvalue weighted by Crippen LogP contribution is 2.09. The van der Waals surface area contributed by atoms with Gasteiger partial charge in [-0.25, -0.2) is 4.39 Å². The molecule has 1 heterocycles. The van der Waals surface area contributed by atoms with E-state index in [1.54, 1.807) is 0 Å². The summed E-state index contributed by atoms with van der Waals surface area (Å²) < 4.78 is 12.8. The maximum absolute atomic E-state index is 12.8. The zero-order chi connectivity index (χ0) is 16.7. The zero-order valence-electron chi connectivity index (χ0n) is 14.2. The summed E-state index contributed by atoms with van der Waals surface area (Å²) >= 11 is 0. The van der Waals surface area contributed by atoms with E-state index >= 15 is 0 Å². The van der Waals surface area contributed by atoms with Gasteiger partial charge in [0.2, 0.25) is 11.8 Å². The van der Waals surface area contributed by atoms with Crippen molar-refractivity contribution in [3.05, 3.63) is 30.1 Å². The lowest BCUT2D eigenvalue weighted by Gasteiger charge is -2.34. The number of benzene rings is 1. The highest BCUT2D eigenvalue weighted by Gasteiger charge is 2.21. The third-order valence-electron chi connectivity index (χ3n) is 3.81. The van der Waals surface area contributed by atoms with Crippen molar-refractivity contribution in [1.29, 1.82) is 0 Å². The highest BCUT2D eigenvalue weighted by atomic mass is 35.5. The van der Waals surface area contributed by atoms with Gasteiger partial charge in [0.15, 0.2) is 0 Å². The average molecular weight is 395 g/mol. The fourth-order valence-electron chi connectivity index (χ4n) is 2.48. The van der Waals surface area contributed by atoms with E-state index < -0.39 is 0 Å². The Morgan fingerprint density at radius 2 is 1.68 bits per heavy atom. The normalized spacial score (nSPS) is 14.2. The van der Waals surface area contributed by atoms with Crippen LogP contribution in [0.4, 0.5) is 10.1 Å². The number of carbonyl (C=O) groups is 2. The number of piperazine rings is 1. The molecule has 0 aliphatic carbocycles. The smallest absolute Gasteiger partial charge is 0.238 e. The fraction of sp³-hybridized carbons (Fsp3) is 0.500. The predicted molar refractivity (Wildman–Crippen MR) is 101 cm³/mol. The molecule has 1 fully saturated rings. The second kappa shape index (κ2) is 12.0. The summed E-state index contributed by atoms with van der Waals surface area (Å²) in [4.78, 5) is 27.8. The summed E-state index contributed by atoms with van der Waals surface area (Å²) in [7, 11) is 1.82. The minimum Gasteiger partial charge on any atom is -0.340 e. The van der Waals surface area contributed by atoms with Gasteiger partial charge >= 0.3 is 0 Å². The van der Waals surface area contributed by atoms with E-state index in [9.17, 15) is 14.0 Å². The minimum atomic E-state index is -0.331. The number of halogens is 3. The number of rotatable bonds is 6. The van der Waals surface area contributed by atoms with Crippen molar-refractivity contribution in [2.45, 2.75) is 6.42 Å². The van der Waals surface area contributed by atoms with Crippen LogP contribution in [0, 0.1) is 5.82 Å². The monoisotopic (exact) mass is 394 g/mol. The molecule has 1 aliphatic rings. The van der Waals surface area contributed by atoms with Crippen molar-refractivity contribution in [3.8, 4) is 0 Å². The fourth-order valence-corrected chi connectivity index (χ4v) is 2.48. The van der Waals surface area contributed by atoms with Gasteiger partial charge in [0.05, 0.1) is 6.54 Å². The SMILES string of the molecule is CNCCC(=O)N1CCN(CC(=O)Nc2ccc(F)cc2)CC1.Cl.Cl. The molecule has 0 unspecified atom stereocenters. The molecule has 2 amide bonds. The van der Waals surface area contributed by atoms with Gasteiger partial charge in [-0.2, -0.15) is 0 Å². The van der Waals surface area contributed by atoms with Crippen molar-refractivity contribution >= 4 is 42.3 Å². The molecule has 0 radical (unpaired) electrons. The van der Waals surface area contributed by atoms with Crippen LogP contribution in [0.5, 0.6) is 0 Å².